The predicted octanol–water partition coefficient (Wildman–Crippen LogP) is 8.57. The van der Waals surface area contributed by atoms with Gasteiger partial charge < -0.3 is 43.5 Å². The van der Waals surface area contributed by atoms with Crippen molar-refractivity contribution in [2.75, 3.05) is 22.1 Å². The molecule has 2 fully saturated rings. The molecule has 2 N–H and O–H groups in total. The molecule has 0 atom stereocenters. The summed E-state index contributed by atoms with van der Waals surface area (Å²) in [4.78, 5) is 109. The fraction of sp³-hybridized carbons (Fsp3) is 0.316. The lowest BCUT2D eigenvalue weighted by molar-refractivity contribution is -0.678. The molecule has 3 aromatic heterocycles. The summed E-state index contributed by atoms with van der Waals surface area (Å²) in [5.41, 5.74) is 7.57. The number of aromatic nitrogens is 3. The molecule has 0 aliphatic carbocycles. The molecule has 4 aromatic carbocycles. The molecular formula is C57H57N8O12+. The van der Waals surface area contributed by atoms with Crippen LogP contribution in [0.25, 0.3) is 60.8 Å². The number of anilines is 3. The maximum Gasteiger partial charge on any atom is 0.374 e. The van der Waals surface area contributed by atoms with Crippen LogP contribution in [0.1, 0.15) is 96.8 Å². The second kappa shape index (κ2) is 21.6. The van der Waals surface area contributed by atoms with Crippen LogP contribution in [0.2, 0.25) is 0 Å². The molecule has 0 radical (unpaired) electrons. The van der Waals surface area contributed by atoms with Gasteiger partial charge in [-0.05, 0) is 74.2 Å². The number of benzene rings is 4. The number of nitrogens with zero attached hydrogens (tertiary/aromatic N) is 6. The fourth-order valence-corrected chi connectivity index (χ4v) is 10.3. The minimum Gasteiger partial charge on any atom is -0.439 e. The Balaban J connectivity index is 0.902. The van der Waals surface area contributed by atoms with Crippen molar-refractivity contribution in [3.63, 3.8) is 0 Å². The molecule has 6 heterocycles. The number of rotatable bonds is 19. The highest BCUT2D eigenvalue weighted by molar-refractivity contribution is 6.13. The minimum atomic E-state index is -0.638. The smallest absolute Gasteiger partial charge is 0.374 e. The normalized spacial score (nSPS) is 15.3. The number of oxazole rings is 1. The number of hydroxylamine groups is 4. The molecule has 6 amide bonds. The number of hydrogen-bond acceptors (Lipinski definition) is 13. The van der Waals surface area contributed by atoms with Crippen molar-refractivity contribution in [1.82, 2.24) is 19.3 Å². The van der Waals surface area contributed by atoms with Gasteiger partial charge >= 0.3 is 17.8 Å². The molecule has 0 saturated carbocycles. The highest BCUT2D eigenvalue weighted by Gasteiger charge is 2.34. The Bertz CT molecular complexity index is 3690. The molecule has 77 heavy (non-hydrogen) atoms. The quantitative estimate of drug-likeness (QED) is 0.0335. The highest BCUT2D eigenvalue weighted by Crippen LogP contribution is 2.45. The average Bonchev–Trinajstić information content (AvgIpc) is 4.29. The molecule has 7 aromatic rings. The number of carbonyl (C=O) groups is 8. The lowest BCUT2D eigenvalue weighted by Crippen LogP contribution is -2.35. The second-order valence-corrected chi connectivity index (χ2v) is 19.4. The van der Waals surface area contributed by atoms with Crippen LogP contribution in [-0.4, -0.2) is 73.2 Å². The summed E-state index contributed by atoms with van der Waals surface area (Å²) in [6.07, 6.45) is 13.1. The van der Waals surface area contributed by atoms with Crippen LogP contribution in [0.3, 0.4) is 0 Å². The van der Waals surface area contributed by atoms with Crippen LogP contribution in [0.4, 0.5) is 17.1 Å². The number of carbonyl (C=O) groups excluding carboxylic acids is 8. The molecule has 0 spiro atoms. The number of fused-ring (bicyclic) bond motifs is 8. The van der Waals surface area contributed by atoms with Gasteiger partial charge in [-0.3, -0.25) is 28.8 Å². The average molecular weight is 1050 g/mol. The zero-order valence-electron chi connectivity index (χ0n) is 43.1. The lowest BCUT2D eigenvalue weighted by Gasteiger charge is -2.18. The van der Waals surface area contributed by atoms with Crippen molar-refractivity contribution in [2.24, 2.45) is 14.1 Å². The van der Waals surface area contributed by atoms with Gasteiger partial charge in [0, 0.05) is 142 Å². The van der Waals surface area contributed by atoms with E-state index in [9.17, 15) is 38.4 Å². The maximum absolute atomic E-state index is 12.6. The lowest BCUT2D eigenvalue weighted by atomic mass is 10.1. The van der Waals surface area contributed by atoms with Gasteiger partial charge in [-0.1, -0.05) is 24.6 Å². The molecule has 10 rings (SSSR count). The molecular weight excluding hydrogens is 989 g/mol. The van der Waals surface area contributed by atoms with Gasteiger partial charge in [0.2, 0.25) is 23.3 Å². The number of nitrogens with one attached hydrogen (secondary N) is 2. The van der Waals surface area contributed by atoms with E-state index in [1.165, 1.54) is 13.8 Å². The molecule has 0 unspecified atom stereocenters. The molecule has 3 aliphatic rings. The van der Waals surface area contributed by atoms with E-state index in [4.69, 9.17) is 18.8 Å². The Hall–Kier alpha value is -9.07. The van der Waals surface area contributed by atoms with E-state index >= 15 is 0 Å². The van der Waals surface area contributed by atoms with E-state index in [0.29, 0.717) is 96.2 Å². The van der Waals surface area contributed by atoms with Crippen molar-refractivity contribution in [2.45, 2.75) is 97.4 Å². The zero-order valence-corrected chi connectivity index (χ0v) is 43.1. The van der Waals surface area contributed by atoms with E-state index in [1.54, 1.807) is 0 Å². The maximum atomic E-state index is 12.6. The van der Waals surface area contributed by atoms with Crippen molar-refractivity contribution >= 4 is 125 Å². The van der Waals surface area contributed by atoms with Crippen LogP contribution in [0.15, 0.2) is 95.3 Å². The number of aryl methyl sites for hydroxylation is 3. The van der Waals surface area contributed by atoms with Crippen LogP contribution < -0.4 is 24.8 Å². The summed E-state index contributed by atoms with van der Waals surface area (Å²) in [5.74, 6) is -1.87. The van der Waals surface area contributed by atoms with Crippen LogP contribution in [0.5, 0.6) is 5.75 Å². The van der Waals surface area contributed by atoms with Crippen molar-refractivity contribution in [1.29, 1.82) is 0 Å². The topological polar surface area (TPSA) is 225 Å². The van der Waals surface area contributed by atoms with Gasteiger partial charge in [0.1, 0.15) is 0 Å². The third kappa shape index (κ3) is 10.6. The standard InChI is InChI=1S/C57H56N8O12/c1-34(66)58-36-18-20-42-38(28-36)40-30-46-48(32-44(40)60(42)3)74-54(62(46)26-12-6-10-16-56(72)76-64-50(68)22-23-51(64)69)14-8-5-9-15-55-63(27-13-7-11-17-57(73)77-65-52(70)24-25-53(65)71)47-31-41-39-29-37(59-35(2)67)19-21-43(39)61(4)45(41)33-49(47)75-55/h5,8-9,14-15,18-21,28-33H,6-7,10-13,16-17,22-27H2,1-4H3,(H-,58,59,66,67)/p+1. The first-order valence-corrected chi connectivity index (χ1v) is 25.8. The summed E-state index contributed by atoms with van der Waals surface area (Å²) in [5, 5.41) is 10.8. The van der Waals surface area contributed by atoms with Gasteiger partial charge in [0.05, 0.1) is 22.8 Å². The number of imide groups is 2. The summed E-state index contributed by atoms with van der Waals surface area (Å²) in [6.45, 7) is 4.01. The van der Waals surface area contributed by atoms with E-state index < -0.39 is 35.6 Å². The van der Waals surface area contributed by atoms with E-state index in [1.807, 2.05) is 93.0 Å². The third-order valence-corrected chi connectivity index (χ3v) is 14.0. The molecule has 396 valence electrons. The monoisotopic (exact) mass is 1050 g/mol. The zero-order chi connectivity index (χ0) is 54.1. The van der Waals surface area contributed by atoms with Crippen LogP contribution in [0, 0.1) is 0 Å². The summed E-state index contributed by atoms with van der Waals surface area (Å²) in [7, 11) is 3.97. The van der Waals surface area contributed by atoms with Crippen LogP contribution >= 0.6 is 0 Å². The first-order valence-electron chi connectivity index (χ1n) is 25.8. The van der Waals surface area contributed by atoms with E-state index in [-0.39, 0.29) is 50.3 Å². The number of unbranched alkanes of at least 4 members (excludes halogenated alkanes) is 4. The Morgan fingerprint density at radius 2 is 1.14 bits per heavy atom. The van der Waals surface area contributed by atoms with Gasteiger partial charge in [-0.25, -0.2) is 9.59 Å². The molecule has 20 heteroatoms. The van der Waals surface area contributed by atoms with Gasteiger partial charge in [-0.15, -0.1) is 10.1 Å². The summed E-state index contributed by atoms with van der Waals surface area (Å²) < 4.78 is 19.4. The molecule has 2 saturated heterocycles. The predicted molar refractivity (Wildman–Crippen MR) is 285 cm³/mol. The van der Waals surface area contributed by atoms with Crippen molar-refractivity contribution < 1.29 is 61.8 Å². The van der Waals surface area contributed by atoms with E-state index in [0.717, 1.165) is 54.8 Å². The van der Waals surface area contributed by atoms with Crippen molar-refractivity contribution in [3.8, 4) is 5.75 Å². The highest BCUT2D eigenvalue weighted by atomic mass is 16.7. The number of hydrogen-bond donors (Lipinski definition) is 2. The fourth-order valence-electron chi connectivity index (χ4n) is 10.3. The largest absolute Gasteiger partial charge is 0.439 e. The SMILES string of the molecule is CC(=O)Nc1ccc2c(c1)c1cc3c(cc1n2C)O\C(=C/C=C/C=C/c1oc2cc4c(cc2[n+]1CCCCCC(=O)ON1C(=O)CCC1=O)c1cc(NC(C)=O)ccc1n4C)N3CCCCCC(=O)ON1C(=O)CCC1=O. The van der Waals surface area contributed by atoms with Gasteiger partial charge in [0.15, 0.2) is 12.3 Å². The Kier molecular flexibility index (Phi) is 14.5. The number of amides is 6. The molecule has 0 bridgehead atoms. The second-order valence-electron chi connectivity index (χ2n) is 19.4. The minimum absolute atomic E-state index is 0.0265. The van der Waals surface area contributed by atoms with Crippen molar-refractivity contribution in [3.05, 3.63) is 96.7 Å². The van der Waals surface area contributed by atoms with E-state index in [2.05, 4.69) is 41.4 Å². The summed E-state index contributed by atoms with van der Waals surface area (Å²) in [6, 6.07) is 19.8. The number of allylic oxidation sites excluding steroid dienone is 4. The molecule has 3 aliphatic heterocycles. The summed E-state index contributed by atoms with van der Waals surface area (Å²) >= 11 is 0. The Morgan fingerprint density at radius 3 is 1.71 bits per heavy atom. The van der Waals surface area contributed by atoms with Crippen LogP contribution in [-0.2, 0) is 68.7 Å². The Morgan fingerprint density at radius 1 is 0.610 bits per heavy atom. The van der Waals surface area contributed by atoms with Gasteiger partial charge in [0.25, 0.3) is 29.1 Å². The number of ether oxygens (including phenoxy) is 1. The Labute approximate surface area is 440 Å². The van der Waals surface area contributed by atoms with Gasteiger partial charge in [-0.2, -0.15) is 4.57 Å². The molecule has 20 nitrogen and oxygen atoms in total. The first kappa shape index (κ1) is 51.4. The first-order chi connectivity index (χ1) is 37.1. The third-order valence-electron chi connectivity index (χ3n) is 14.0.